The second-order valence-corrected chi connectivity index (χ2v) is 5.54. The van der Waals surface area contributed by atoms with Gasteiger partial charge in [-0.1, -0.05) is 43.9 Å². The first kappa shape index (κ1) is 12.9. The summed E-state index contributed by atoms with van der Waals surface area (Å²) in [6, 6.07) is 10.2. The Morgan fingerprint density at radius 3 is 2.85 bits per heavy atom. The Labute approximate surface area is 119 Å². The molecule has 1 heterocycles. The largest absolute Gasteiger partial charge is 0.383 e. The highest BCUT2D eigenvalue weighted by Gasteiger charge is 2.15. The molecule has 1 saturated carbocycles. The fraction of sp³-hybridized carbons (Fsp3) is 0.412. The fourth-order valence-corrected chi connectivity index (χ4v) is 3.12. The summed E-state index contributed by atoms with van der Waals surface area (Å²) in [5.41, 5.74) is 2.51. The van der Waals surface area contributed by atoms with Crippen molar-refractivity contribution in [2.24, 2.45) is 5.92 Å². The molecule has 0 bridgehead atoms. The molecule has 20 heavy (non-hydrogen) atoms. The fourth-order valence-electron chi connectivity index (χ4n) is 3.12. The summed E-state index contributed by atoms with van der Waals surface area (Å²) in [6.07, 6.45) is 8.36. The van der Waals surface area contributed by atoms with E-state index in [0.717, 1.165) is 29.1 Å². The van der Waals surface area contributed by atoms with Gasteiger partial charge in [0.25, 0.3) is 0 Å². The molecule has 1 fully saturated rings. The minimum atomic E-state index is 0.634. The number of nitrogens with one attached hydrogen (secondary N) is 1. The molecule has 2 aromatic rings. The van der Waals surface area contributed by atoms with E-state index >= 15 is 0 Å². The van der Waals surface area contributed by atoms with Gasteiger partial charge in [-0.2, -0.15) is 5.26 Å². The third-order valence-electron chi connectivity index (χ3n) is 4.23. The minimum Gasteiger partial charge on any atom is -0.383 e. The lowest BCUT2D eigenvalue weighted by Gasteiger charge is -2.13. The molecule has 0 amide bonds. The number of anilines is 1. The molecular formula is C17H19N3. The Morgan fingerprint density at radius 1 is 1.25 bits per heavy atom. The Bertz CT molecular complexity index is 636. The van der Waals surface area contributed by atoms with Crippen molar-refractivity contribution < 1.29 is 0 Å². The Hall–Kier alpha value is -2.08. The topological polar surface area (TPSA) is 48.7 Å². The van der Waals surface area contributed by atoms with Crippen molar-refractivity contribution in [3.63, 3.8) is 0 Å². The monoisotopic (exact) mass is 265 g/mol. The Balaban J connectivity index is 1.79. The summed E-state index contributed by atoms with van der Waals surface area (Å²) in [5, 5.41) is 13.8. The van der Waals surface area contributed by atoms with Gasteiger partial charge < -0.3 is 5.32 Å². The highest BCUT2D eigenvalue weighted by atomic mass is 14.9. The highest BCUT2D eigenvalue weighted by Crippen LogP contribution is 2.29. The number of fused-ring (bicyclic) bond motifs is 1. The lowest BCUT2D eigenvalue weighted by molar-refractivity contribution is 0.519. The van der Waals surface area contributed by atoms with Crippen LogP contribution in [0.15, 0.2) is 30.5 Å². The van der Waals surface area contributed by atoms with Crippen LogP contribution >= 0.6 is 0 Å². The lowest BCUT2D eigenvalue weighted by atomic mass is 10.0. The smallest absolute Gasteiger partial charge is 0.103 e. The number of hydrogen-bond acceptors (Lipinski definition) is 3. The molecule has 1 N–H and O–H groups in total. The van der Waals surface area contributed by atoms with Crippen LogP contribution in [0.1, 0.15) is 37.7 Å². The zero-order valence-corrected chi connectivity index (χ0v) is 11.6. The molecular weight excluding hydrogens is 246 g/mol. The third-order valence-corrected chi connectivity index (χ3v) is 4.23. The van der Waals surface area contributed by atoms with Crippen LogP contribution in [-0.4, -0.2) is 11.5 Å². The van der Waals surface area contributed by atoms with Gasteiger partial charge in [0.1, 0.15) is 6.07 Å². The van der Waals surface area contributed by atoms with E-state index in [9.17, 15) is 5.26 Å². The quantitative estimate of drug-likeness (QED) is 0.905. The number of aromatic nitrogens is 1. The molecule has 1 aliphatic carbocycles. The van der Waals surface area contributed by atoms with Gasteiger partial charge in [-0.3, -0.25) is 4.98 Å². The maximum Gasteiger partial charge on any atom is 0.103 e. The molecule has 0 atom stereocenters. The van der Waals surface area contributed by atoms with Crippen LogP contribution in [0.5, 0.6) is 0 Å². The molecule has 0 spiro atoms. The van der Waals surface area contributed by atoms with Crippen LogP contribution in [0.4, 0.5) is 5.69 Å². The molecule has 1 aromatic heterocycles. The van der Waals surface area contributed by atoms with E-state index in [1.54, 1.807) is 6.20 Å². The summed E-state index contributed by atoms with van der Waals surface area (Å²) in [6.45, 7) is 0.938. The average Bonchev–Trinajstić information content (AvgIpc) is 3.00. The van der Waals surface area contributed by atoms with Crippen LogP contribution in [-0.2, 0) is 0 Å². The van der Waals surface area contributed by atoms with Crippen LogP contribution in [0.3, 0.4) is 0 Å². The van der Waals surface area contributed by atoms with Gasteiger partial charge in [0.2, 0.25) is 0 Å². The van der Waals surface area contributed by atoms with Crippen molar-refractivity contribution in [3.8, 4) is 6.07 Å². The first-order valence-electron chi connectivity index (χ1n) is 7.40. The first-order chi connectivity index (χ1) is 9.88. The van der Waals surface area contributed by atoms with Crippen molar-refractivity contribution >= 4 is 16.6 Å². The van der Waals surface area contributed by atoms with Crippen molar-refractivity contribution in [1.82, 2.24) is 4.98 Å². The minimum absolute atomic E-state index is 0.634. The van der Waals surface area contributed by atoms with E-state index < -0.39 is 0 Å². The average molecular weight is 265 g/mol. The normalized spacial score (nSPS) is 15.3. The predicted octanol–water partition coefficient (Wildman–Crippen LogP) is 4.10. The predicted molar refractivity (Wildman–Crippen MR) is 81.5 cm³/mol. The zero-order valence-electron chi connectivity index (χ0n) is 11.6. The molecule has 3 nitrogen and oxygen atoms in total. The van der Waals surface area contributed by atoms with Crippen molar-refractivity contribution in [2.45, 2.75) is 32.1 Å². The van der Waals surface area contributed by atoms with Gasteiger partial charge >= 0.3 is 0 Å². The standard InChI is InChI=1S/C17H19N3/c18-11-14-12-20-16-8-4-3-7-15(16)17(14)19-10-9-13-5-1-2-6-13/h3-4,7-8,12-13H,1-2,5-6,9-10H2,(H,19,20). The summed E-state index contributed by atoms with van der Waals surface area (Å²) in [4.78, 5) is 4.34. The lowest BCUT2D eigenvalue weighted by Crippen LogP contribution is -2.08. The van der Waals surface area contributed by atoms with E-state index in [-0.39, 0.29) is 0 Å². The maximum absolute atomic E-state index is 9.26. The number of nitriles is 1. The number of hydrogen-bond donors (Lipinski definition) is 1. The molecule has 1 aromatic carbocycles. The van der Waals surface area contributed by atoms with E-state index in [4.69, 9.17) is 0 Å². The zero-order chi connectivity index (χ0) is 13.8. The summed E-state index contributed by atoms with van der Waals surface area (Å²) >= 11 is 0. The summed E-state index contributed by atoms with van der Waals surface area (Å²) in [7, 11) is 0. The first-order valence-corrected chi connectivity index (χ1v) is 7.40. The number of benzene rings is 1. The van der Waals surface area contributed by atoms with Crippen LogP contribution < -0.4 is 5.32 Å². The van der Waals surface area contributed by atoms with E-state index in [0.29, 0.717) is 5.56 Å². The number of rotatable bonds is 4. The number of pyridine rings is 1. The highest BCUT2D eigenvalue weighted by molar-refractivity contribution is 5.93. The van der Waals surface area contributed by atoms with E-state index in [2.05, 4.69) is 16.4 Å². The van der Waals surface area contributed by atoms with Crippen LogP contribution in [0.2, 0.25) is 0 Å². The molecule has 3 heteroatoms. The Kier molecular flexibility index (Phi) is 3.83. The molecule has 102 valence electrons. The van der Waals surface area contributed by atoms with Crippen molar-refractivity contribution in [1.29, 1.82) is 5.26 Å². The molecule has 0 aliphatic heterocycles. The SMILES string of the molecule is N#Cc1cnc2ccccc2c1NCCC1CCCC1. The van der Waals surface area contributed by atoms with Crippen molar-refractivity contribution in [3.05, 3.63) is 36.0 Å². The van der Waals surface area contributed by atoms with Gasteiger partial charge in [0, 0.05) is 18.1 Å². The number of nitrogens with zero attached hydrogens (tertiary/aromatic N) is 2. The van der Waals surface area contributed by atoms with Gasteiger partial charge in [0.05, 0.1) is 16.8 Å². The summed E-state index contributed by atoms with van der Waals surface area (Å²) in [5.74, 6) is 0.862. The number of para-hydroxylation sites is 1. The van der Waals surface area contributed by atoms with Crippen LogP contribution in [0, 0.1) is 17.2 Å². The Morgan fingerprint density at radius 2 is 2.05 bits per heavy atom. The third kappa shape index (κ3) is 2.60. The van der Waals surface area contributed by atoms with Crippen molar-refractivity contribution in [2.75, 3.05) is 11.9 Å². The van der Waals surface area contributed by atoms with Gasteiger partial charge in [-0.15, -0.1) is 0 Å². The second-order valence-electron chi connectivity index (χ2n) is 5.54. The molecule has 0 radical (unpaired) electrons. The van der Waals surface area contributed by atoms with E-state index in [1.165, 1.54) is 32.1 Å². The van der Waals surface area contributed by atoms with Gasteiger partial charge in [-0.05, 0) is 18.4 Å². The molecule has 0 unspecified atom stereocenters. The van der Waals surface area contributed by atoms with Crippen LogP contribution in [0.25, 0.3) is 10.9 Å². The molecule has 3 rings (SSSR count). The van der Waals surface area contributed by atoms with E-state index in [1.807, 2.05) is 24.3 Å². The molecule has 1 aliphatic rings. The maximum atomic E-state index is 9.26. The summed E-state index contributed by atoms with van der Waals surface area (Å²) < 4.78 is 0. The second kappa shape index (κ2) is 5.92. The molecule has 0 saturated heterocycles. The van der Waals surface area contributed by atoms with Gasteiger partial charge in [-0.25, -0.2) is 0 Å². The van der Waals surface area contributed by atoms with Gasteiger partial charge in [0.15, 0.2) is 0 Å².